The van der Waals surface area contributed by atoms with Crippen molar-refractivity contribution in [3.63, 3.8) is 0 Å². The Morgan fingerprint density at radius 3 is 2.08 bits per heavy atom. The third-order valence-electron chi connectivity index (χ3n) is 5.41. The molecular formula is C22H24O4. The molecule has 0 heterocycles. The van der Waals surface area contributed by atoms with E-state index >= 15 is 0 Å². The molecule has 0 aliphatic heterocycles. The molecule has 4 heteroatoms. The van der Waals surface area contributed by atoms with Gasteiger partial charge in [0.25, 0.3) is 0 Å². The van der Waals surface area contributed by atoms with Crippen molar-refractivity contribution in [2.75, 3.05) is 0 Å². The number of fused-ring (bicyclic) bond motifs is 1. The molecule has 4 nitrogen and oxygen atoms in total. The van der Waals surface area contributed by atoms with Crippen LogP contribution >= 0.6 is 0 Å². The van der Waals surface area contributed by atoms with Crippen LogP contribution < -0.4 is 4.74 Å². The highest BCUT2D eigenvalue weighted by Gasteiger charge is 2.37. The van der Waals surface area contributed by atoms with E-state index in [1.165, 1.54) is 23.3 Å². The summed E-state index contributed by atoms with van der Waals surface area (Å²) in [5.74, 6) is -1.36. The fourth-order valence-electron chi connectivity index (χ4n) is 3.64. The van der Waals surface area contributed by atoms with Crippen LogP contribution in [0.5, 0.6) is 5.75 Å². The Morgan fingerprint density at radius 2 is 1.46 bits per heavy atom. The van der Waals surface area contributed by atoms with Crippen molar-refractivity contribution in [3.05, 3.63) is 64.7 Å². The summed E-state index contributed by atoms with van der Waals surface area (Å²) in [6, 6.07) is 11.8. The molecule has 0 saturated heterocycles. The van der Waals surface area contributed by atoms with Crippen molar-refractivity contribution in [2.24, 2.45) is 0 Å². The maximum Gasteiger partial charge on any atom is 0.344 e. The van der Waals surface area contributed by atoms with Gasteiger partial charge in [0.15, 0.2) is 0 Å². The molecule has 26 heavy (non-hydrogen) atoms. The standard InChI is InChI=1S/C22H24O4/c1-21(2)11-12-22(3,4)18-13-14(9-10-17(18)21)26-20(25)16-8-6-5-7-15(16)19(23)24/h5-10,13H,11-12H2,1-4H3,(H,23,24). The molecule has 0 saturated carbocycles. The topological polar surface area (TPSA) is 63.6 Å². The zero-order valence-corrected chi connectivity index (χ0v) is 15.6. The van der Waals surface area contributed by atoms with Crippen molar-refractivity contribution in [2.45, 2.75) is 51.4 Å². The zero-order valence-electron chi connectivity index (χ0n) is 15.6. The molecule has 1 aliphatic carbocycles. The van der Waals surface area contributed by atoms with Gasteiger partial charge in [0.05, 0.1) is 11.1 Å². The first-order valence-corrected chi connectivity index (χ1v) is 8.81. The number of hydrogen-bond donors (Lipinski definition) is 1. The van der Waals surface area contributed by atoms with Gasteiger partial charge < -0.3 is 9.84 Å². The number of carbonyl (C=O) groups is 2. The summed E-state index contributed by atoms with van der Waals surface area (Å²) in [5.41, 5.74) is 2.55. The normalized spacial score (nSPS) is 17.2. The van der Waals surface area contributed by atoms with Crippen LogP contribution in [0, 0.1) is 0 Å². The molecule has 2 aromatic carbocycles. The molecule has 0 amide bonds. The van der Waals surface area contributed by atoms with Gasteiger partial charge in [-0.2, -0.15) is 0 Å². The molecule has 0 spiro atoms. The number of aromatic carboxylic acids is 1. The molecule has 3 rings (SSSR count). The van der Waals surface area contributed by atoms with Gasteiger partial charge in [-0.25, -0.2) is 9.59 Å². The smallest absolute Gasteiger partial charge is 0.344 e. The summed E-state index contributed by atoms with van der Waals surface area (Å²) >= 11 is 0. The van der Waals surface area contributed by atoms with Crippen LogP contribution in [0.3, 0.4) is 0 Å². The van der Waals surface area contributed by atoms with Crippen molar-refractivity contribution in [1.82, 2.24) is 0 Å². The largest absolute Gasteiger partial charge is 0.478 e. The monoisotopic (exact) mass is 352 g/mol. The number of ether oxygens (including phenoxy) is 1. The molecule has 0 radical (unpaired) electrons. The van der Waals surface area contributed by atoms with Gasteiger partial charge in [-0.15, -0.1) is 0 Å². The SMILES string of the molecule is CC1(C)CCC(C)(C)c2cc(OC(=O)c3ccccc3C(=O)O)ccc21. The van der Waals surface area contributed by atoms with E-state index in [-0.39, 0.29) is 22.0 Å². The molecular weight excluding hydrogens is 328 g/mol. The minimum atomic E-state index is -1.15. The highest BCUT2D eigenvalue weighted by Crippen LogP contribution is 2.46. The Labute approximate surface area is 153 Å². The van der Waals surface area contributed by atoms with Gasteiger partial charge in [0.1, 0.15) is 5.75 Å². The number of carboxylic acids is 1. The summed E-state index contributed by atoms with van der Waals surface area (Å²) in [4.78, 5) is 23.8. The van der Waals surface area contributed by atoms with Crippen molar-refractivity contribution < 1.29 is 19.4 Å². The first-order valence-electron chi connectivity index (χ1n) is 8.81. The number of rotatable bonds is 3. The van der Waals surface area contributed by atoms with E-state index in [9.17, 15) is 14.7 Å². The Hall–Kier alpha value is -2.62. The molecule has 0 aromatic heterocycles. The van der Waals surface area contributed by atoms with Crippen LogP contribution in [-0.4, -0.2) is 17.0 Å². The highest BCUT2D eigenvalue weighted by atomic mass is 16.5. The summed E-state index contributed by atoms with van der Waals surface area (Å²) < 4.78 is 5.52. The second kappa shape index (κ2) is 6.27. The van der Waals surface area contributed by atoms with Crippen LogP contribution in [0.2, 0.25) is 0 Å². The van der Waals surface area contributed by atoms with Gasteiger partial charge in [-0.3, -0.25) is 0 Å². The number of carbonyl (C=O) groups excluding carboxylic acids is 1. The number of hydrogen-bond acceptors (Lipinski definition) is 3. The second-order valence-corrected chi connectivity index (χ2v) is 8.22. The first-order chi connectivity index (χ1) is 12.1. The molecule has 0 unspecified atom stereocenters. The Kier molecular flexibility index (Phi) is 4.39. The molecule has 2 aromatic rings. The summed E-state index contributed by atoms with van der Waals surface area (Å²) in [6.45, 7) is 8.87. The van der Waals surface area contributed by atoms with Crippen LogP contribution in [0.1, 0.15) is 72.4 Å². The first kappa shape index (κ1) is 18.2. The minimum Gasteiger partial charge on any atom is -0.478 e. The van der Waals surface area contributed by atoms with Crippen LogP contribution in [0.4, 0.5) is 0 Å². The Morgan fingerprint density at radius 1 is 0.885 bits per heavy atom. The number of benzene rings is 2. The average Bonchev–Trinajstić information content (AvgIpc) is 2.59. The molecule has 0 atom stereocenters. The predicted octanol–water partition coefficient (Wildman–Crippen LogP) is 4.95. The lowest BCUT2D eigenvalue weighted by molar-refractivity contribution is 0.0667. The number of carboxylic acid groups (broad SMARTS) is 1. The Balaban J connectivity index is 1.95. The molecule has 0 fully saturated rings. The van der Waals surface area contributed by atoms with E-state index < -0.39 is 11.9 Å². The summed E-state index contributed by atoms with van der Waals surface area (Å²) in [6.07, 6.45) is 2.17. The van der Waals surface area contributed by atoms with Gasteiger partial charge in [-0.1, -0.05) is 45.9 Å². The summed E-state index contributed by atoms with van der Waals surface area (Å²) in [5, 5.41) is 9.26. The van der Waals surface area contributed by atoms with Gasteiger partial charge in [0.2, 0.25) is 0 Å². The van der Waals surface area contributed by atoms with E-state index in [2.05, 4.69) is 27.7 Å². The molecule has 1 N–H and O–H groups in total. The van der Waals surface area contributed by atoms with Crippen LogP contribution in [-0.2, 0) is 10.8 Å². The molecule has 0 bridgehead atoms. The fraction of sp³-hybridized carbons (Fsp3) is 0.364. The second-order valence-electron chi connectivity index (χ2n) is 8.22. The fourth-order valence-corrected chi connectivity index (χ4v) is 3.64. The Bertz CT molecular complexity index is 877. The zero-order chi connectivity index (χ0) is 19.1. The quantitative estimate of drug-likeness (QED) is 0.627. The van der Waals surface area contributed by atoms with Gasteiger partial charge in [-0.05, 0) is 59.1 Å². The van der Waals surface area contributed by atoms with Crippen molar-refractivity contribution in [3.8, 4) is 5.75 Å². The lowest BCUT2D eigenvalue weighted by atomic mass is 9.63. The predicted molar refractivity (Wildman–Crippen MR) is 100 cm³/mol. The maximum absolute atomic E-state index is 12.5. The minimum absolute atomic E-state index is 0.00619. The summed E-state index contributed by atoms with van der Waals surface area (Å²) in [7, 11) is 0. The van der Waals surface area contributed by atoms with E-state index in [1.54, 1.807) is 18.2 Å². The maximum atomic E-state index is 12.5. The van der Waals surface area contributed by atoms with Gasteiger partial charge in [0, 0.05) is 0 Å². The van der Waals surface area contributed by atoms with E-state index in [4.69, 9.17) is 4.74 Å². The lowest BCUT2D eigenvalue weighted by Gasteiger charge is -2.41. The molecule has 1 aliphatic rings. The van der Waals surface area contributed by atoms with E-state index in [0.29, 0.717) is 5.75 Å². The van der Waals surface area contributed by atoms with Crippen LogP contribution in [0.15, 0.2) is 42.5 Å². The van der Waals surface area contributed by atoms with E-state index in [1.807, 2.05) is 12.1 Å². The highest BCUT2D eigenvalue weighted by molar-refractivity contribution is 6.03. The third kappa shape index (κ3) is 3.24. The van der Waals surface area contributed by atoms with Gasteiger partial charge >= 0.3 is 11.9 Å². The van der Waals surface area contributed by atoms with Crippen molar-refractivity contribution >= 4 is 11.9 Å². The lowest BCUT2D eigenvalue weighted by Crippen LogP contribution is -2.33. The number of esters is 1. The van der Waals surface area contributed by atoms with Crippen molar-refractivity contribution in [1.29, 1.82) is 0 Å². The average molecular weight is 352 g/mol. The van der Waals surface area contributed by atoms with Crippen LogP contribution in [0.25, 0.3) is 0 Å². The third-order valence-corrected chi connectivity index (χ3v) is 5.41. The van der Waals surface area contributed by atoms with E-state index in [0.717, 1.165) is 12.8 Å². The molecule has 136 valence electrons.